The van der Waals surface area contributed by atoms with Crippen molar-refractivity contribution in [3.63, 3.8) is 0 Å². The van der Waals surface area contributed by atoms with Gasteiger partial charge in [0.1, 0.15) is 11.4 Å². The second-order valence-electron chi connectivity index (χ2n) is 8.04. The Morgan fingerprint density at radius 3 is 2.76 bits per heavy atom. The predicted octanol–water partition coefficient (Wildman–Crippen LogP) is 3.45. The zero-order valence-corrected chi connectivity index (χ0v) is 21.0. The second kappa shape index (κ2) is 10.7. The lowest BCUT2D eigenvalue weighted by atomic mass is 9.96. The molecule has 11 heteroatoms. The van der Waals surface area contributed by atoms with Crippen LogP contribution in [0.4, 0.5) is 11.4 Å². The number of nitrogens with one attached hydrogen (secondary N) is 2. The first-order valence-electron chi connectivity index (χ1n) is 10.8. The number of amides is 2. The van der Waals surface area contributed by atoms with Crippen LogP contribution in [0.5, 0.6) is 0 Å². The maximum absolute atomic E-state index is 13.3. The Kier molecular flexibility index (Phi) is 7.63. The number of halogens is 1. The lowest BCUT2D eigenvalue weighted by molar-refractivity contribution is -0.122. The van der Waals surface area contributed by atoms with Gasteiger partial charge in [-0.3, -0.25) is 9.59 Å². The van der Waals surface area contributed by atoms with Gasteiger partial charge in [-0.1, -0.05) is 0 Å². The molecule has 0 bridgehead atoms. The number of hydrogen-bond donors (Lipinski definition) is 2. The topological polar surface area (TPSA) is 116 Å². The fraction of sp³-hybridized carbons (Fsp3) is 0.391. The van der Waals surface area contributed by atoms with Crippen LogP contribution in [0.25, 0.3) is 0 Å². The number of aliphatic imine (C=N–C) groups is 1. The standard InChI is InChI=1S/C23H24BrN5O4S/c1-15-12-16(2-3-17(15)29-8-11-32-9-6-20(29)26-14-25)27-22(31)23(7-10-33-13-23)28-21(30)18-4-5-19(24)34-18/h2-5,12H,6-11,13H2,1H3,(H,27,31)(H,28,30)/t23-/m1/s1. The summed E-state index contributed by atoms with van der Waals surface area (Å²) in [5.74, 6) is 0.0245. The molecule has 1 atom stereocenters. The van der Waals surface area contributed by atoms with Gasteiger partial charge in [-0.05, 0) is 58.7 Å². The number of benzene rings is 1. The van der Waals surface area contributed by atoms with Crippen LogP contribution in [0, 0.1) is 18.4 Å². The minimum atomic E-state index is -1.14. The highest BCUT2D eigenvalue weighted by Crippen LogP contribution is 2.28. The number of anilines is 2. The van der Waals surface area contributed by atoms with Crippen molar-refractivity contribution in [1.29, 1.82) is 5.26 Å². The van der Waals surface area contributed by atoms with Crippen molar-refractivity contribution in [1.82, 2.24) is 5.32 Å². The molecule has 4 rings (SSSR count). The highest BCUT2D eigenvalue weighted by atomic mass is 79.9. The summed E-state index contributed by atoms with van der Waals surface area (Å²) >= 11 is 4.66. The third kappa shape index (κ3) is 5.31. The van der Waals surface area contributed by atoms with Crippen LogP contribution >= 0.6 is 27.3 Å². The molecule has 9 nitrogen and oxygen atoms in total. The predicted molar refractivity (Wildman–Crippen MR) is 133 cm³/mol. The molecule has 2 amide bonds. The molecule has 2 fully saturated rings. The van der Waals surface area contributed by atoms with Gasteiger partial charge in [-0.15, -0.1) is 11.3 Å². The number of aryl methyl sites for hydroxylation is 1. The summed E-state index contributed by atoms with van der Waals surface area (Å²) in [6, 6.07) is 9.07. The van der Waals surface area contributed by atoms with E-state index >= 15 is 0 Å². The quantitative estimate of drug-likeness (QED) is 0.556. The smallest absolute Gasteiger partial charge is 0.262 e. The molecular formula is C23H24BrN5O4S. The Morgan fingerprint density at radius 1 is 1.24 bits per heavy atom. The fourth-order valence-electron chi connectivity index (χ4n) is 4.02. The molecule has 2 aromatic rings. The number of hydrogen-bond acceptors (Lipinski definition) is 7. The van der Waals surface area contributed by atoms with Crippen molar-refractivity contribution in [3.05, 3.63) is 44.6 Å². The van der Waals surface area contributed by atoms with E-state index in [1.807, 2.05) is 30.1 Å². The van der Waals surface area contributed by atoms with Gasteiger partial charge in [0.2, 0.25) is 6.19 Å². The third-order valence-electron chi connectivity index (χ3n) is 5.77. The van der Waals surface area contributed by atoms with Crippen LogP contribution in [0.15, 0.2) is 39.1 Å². The number of thiophene rings is 1. The molecule has 2 aliphatic rings. The van der Waals surface area contributed by atoms with Crippen LogP contribution in [0.2, 0.25) is 0 Å². The van der Waals surface area contributed by atoms with E-state index in [1.54, 1.807) is 18.2 Å². The van der Waals surface area contributed by atoms with E-state index in [9.17, 15) is 9.59 Å². The van der Waals surface area contributed by atoms with Crippen LogP contribution in [-0.4, -0.2) is 56.2 Å². The Balaban J connectivity index is 1.51. The van der Waals surface area contributed by atoms with E-state index in [0.717, 1.165) is 15.0 Å². The zero-order chi connectivity index (χ0) is 24.1. The fourth-order valence-corrected chi connectivity index (χ4v) is 5.30. The molecule has 0 unspecified atom stereocenters. The van der Waals surface area contributed by atoms with Gasteiger partial charge in [0.25, 0.3) is 11.8 Å². The maximum Gasteiger partial charge on any atom is 0.262 e. The van der Waals surface area contributed by atoms with Crippen molar-refractivity contribution in [2.24, 2.45) is 4.99 Å². The molecule has 2 saturated heterocycles. The average molecular weight is 546 g/mol. The normalized spacial score (nSPS) is 21.7. The summed E-state index contributed by atoms with van der Waals surface area (Å²) < 4.78 is 11.9. The van der Waals surface area contributed by atoms with Crippen molar-refractivity contribution in [2.45, 2.75) is 25.3 Å². The molecular weight excluding hydrogens is 522 g/mol. The number of carbonyl (C=O) groups excluding carboxylic acids is 2. The van der Waals surface area contributed by atoms with Crippen molar-refractivity contribution in [3.8, 4) is 6.19 Å². The highest BCUT2D eigenvalue weighted by Gasteiger charge is 2.44. The van der Waals surface area contributed by atoms with E-state index in [1.165, 1.54) is 11.3 Å². The molecule has 34 heavy (non-hydrogen) atoms. The Bertz CT molecular complexity index is 1150. The first-order chi connectivity index (χ1) is 16.4. The molecule has 0 radical (unpaired) electrons. The minimum absolute atomic E-state index is 0.107. The van der Waals surface area contributed by atoms with E-state index < -0.39 is 5.54 Å². The van der Waals surface area contributed by atoms with Crippen molar-refractivity contribution >= 4 is 56.3 Å². The van der Waals surface area contributed by atoms with E-state index in [0.29, 0.717) is 55.6 Å². The number of nitrogens with zero attached hydrogens (tertiary/aromatic N) is 3. The molecule has 2 aliphatic heterocycles. The molecule has 0 saturated carbocycles. The summed E-state index contributed by atoms with van der Waals surface area (Å²) in [5.41, 5.74) is 1.27. The lowest BCUT2D eigenvalue weighted by Gasteiger charge is -2.28. The monoisotopic (exact) mass is 545 g/mol. The number of carbonyl (C=O) groups is 2. The highest BCUT2D eigenvalue weighted by molar-refractivity contribution is 9.11. The summed E-state index contributed by atoms with van der Waals surface area (Å²) in [5, 5.41) is 14.9. The second-order valence-corrected chi connectivity index (χ2v) is 10.5. The SMILES string of the molecule is Cc1cc(NC(=O)[C@@]2(NC(=O)c3ccc(Br)s3)CCOC2)ccc1N1CCOCCC1=NC#N. The van der Waals surface area contributed by atoms with Crippen LogP contribution in [0.1, 0.15) is 28.1 Å². The van der Waals surface area contributed by atoms with Crippen LogP contribution in [-0.2, 0) is 14.3 Å². The van der Waals surface area contributed by atoms with Gasteiger partial charge >= 0.3 is 0 Å². The largest absolute Gasteiger partial charge is 0.379 e. The minimum Gasteiger partial charge on any atom is -0.379 e. The lowest BCUT2D eigenvalue weighted by Crippen LogP contribution is -2.57. The molecule has 3 heterocycles. The summed E-state index contributed by atoms with van der Waals surface area (Å²) in [6.45, 7) is 4.06. The zero-order valence-electron chi connectivity index (χ0n) is 18.6. The first-order valence-corrected chi connectivity index (χ1v) is 12.4. The van der Waals surface area contributed by atoms with Crippen molar-refractivity contribution < 1.29 is 19.1 Å². The Morgan fingerprint density at radius 2 is 2.09 bits per heavy atom. The van der Waals surface area contributed by atoms with Crippen LogP contribution in [0.3, 0.4) is 0 Å². The molecule has 178 valence electrons. The average Bonchev–Trinajstić information content (AvgIpc) is 3.40. The molecule has 2 N–H and O–H groups in total. The Hall–Kier alpha value is -2.78. The van der Waals surface area contributed by atoms with E-state index in [-0.39, 0.29) is 18.4 Å². The Labute approximate surface area is 209 Å². The number of ether oxygens (including phenoxy) is 2. The van der Waals surface area contributed by atoms with Gasteiger partial charge in [-0.2, -0.15) is 10.3 Å². The summed E-state index contributed by atoms with van der Waals surface area (Å²) in [7, 11) is 0. The third-order valence-corrected chi connectivity index (χ3v) is 7.39. The molecule has 1 aromatic heterocycles. The van der Waals surface area contributed by atoms with Gasteiger partial charge in [0.05, 0.1) is 28.5 Å². The van der Waals surface area contributed by atoms with Gasteiger partial charge < -0.3 is 25.0 Å². The summed E-state index contributed by atoms with van der Waals surface area (Å²) in [4.78, 5) is 32.5. The van der Waals surface area contributed by atoms with Gasteiger partial charge in [0, 0.05) is 37.4 Å². The first kappa shape index (κ1) is 24.3. The summed E-state index contributed by atoms with van der Waals surface area (Å²) in [6.07, 6.45) is 2.81. The van der Waals surface area contributed by atoms with Crippen LogP contribution < -0.4 is 15.5 Å². The van der Waals surface area contributed by atoms with Crippen molar-refractivity contribution in [2.75, 3.05) is 43.2 Å². The maximum atomic E-state index is 13.3. The molecule has 1 aromatic carbocycles. The van der Waals surface area contributed by atoms with Gasteiger partial charge in [-0.25, -0.2) is 0 Å². The number of nitriles is 1. The number of amidine groups is 1. The molecule has 0 aliphatic carbocycles. The number of rotatable bonds is 5. The molecule has 0 spiro atoms. The van der Waals surface area contributed by atoms with E-state index in [2.05, 4.69) is 31.6 Å². The van der Waals surface area contributed by atoms with Gasteiger partial charge in [0.15, 0.2) is 0 Å². The van der Waals surface area contributed by atoms with E-state index in [4.69, 9.17) is 14.7 Å².